The summed E-state index contributed by atoms with van der Waals surface area (Å²) >= 11 is 0. The van der Waals surface area contributed by atoms with Crippen molar-refractivity contribution in [3.63, 3.8) is 0 Å². The van der Waals surface area contributed by atoms with Crippen LogP contribution in [0.25, 0.3) is 0 Å². The lowest BCUT2D eigenvalue weighted by Gasteiger charge is -2.02. The Labute approximate surface area is 92.5 Å². The van der Waals surface area contributed by atoms with Crippen LogP contribution in [0.4, 0.5) is 4.39 Å². The molecule has 4 heteroatoms. The van der Waals surface area contributed by atoms with Gasteiger partial charge in [-0.2, -0.15) is 0 Å². The average Bonchev–Trinajstić information content (AvgIpc) is 2.25. The van der Waals surface area contributed by atoms with E-state index < -0.39 is 17.4 Å². The predicted molar refractivity (Wildman–Crippen MR) is 56.5 cm³/mol. The summed E-state index contributed by atoms with van der Waals surface area (Å²) in [5.41, 5.74) is 0.189. The van der Waals surface area contributed by atoms with Crippen LogP contribution in [0.15, 0.2) is 36.1 Å². The summed E-state index contributed by atoms with van der Waals surface area (Å²) in [4.78, 5) is 23.0. The number of methoxy groups -OCH3 is 1. The van der Waals surface area contributed by atoms with Crippen molar-refractivity contribution in [2.45, 2.75) is 6.92 Å². The number of ether oxygens (including phenoxy) is 1. The Balaban J connectivity index is 3.05. The Morgan fingerprint density at radius 3 is 2.25 bits per heavy atom. The number of rotatable bonds is 4. The van der Waals surface area contributed by atoms with Crippen molar-refractivity contribution in [2.24, 2.45) is 0 Å². The van der Waals surface area contributed by atoms with Gasteiger partial charge in [-0.25, -0.2) is 4.39 Å². The fourth-order valence-electron chi connectivity index (χ4n) is 1.17. The van der Waals surface area contributed by atoms with Crippen molar-refractivity contribution >= 4 is 11.6 Å². The standard InChI is InChI=1S/C12H11FO3/c1-8(14)11(7-16-2)12(15)9-3-5-10(13)6-4-9/h3-7H,1-2H3/b11-7+. The second-order valence-electron chi connectivity index (χ2n) is 3.16. The van der Waals surface area contributed by atoms with E-state index in [2.05, 4.69) is 4.74 Å². The summed E-state index contributed by atoms with van der Waals surface area (Å²) in [6, 6.07) is 4.98. The number of carbonyl (C=O) groups excluding carboxylic acids is 2. The Hall–Kier alpha value is -1.97. The smallest absolute Gasteiger partial charge is 0.199 e. The molecule has 0 aliphatic heterocycles. The van der Waals surface area contributed by atoms with Crippen molar-refractivity contribution < 1.29 is 18.7 Å². The monoisotopic (exact) mass is 222 g/mol. The van der Waals surface area contributed by atoms with Gasteiger partial charge < -0.3 is 4.74 Å². The lowest BCUT2D eigenvalue weighted by molar-refractivity contribution is -0.113. The normalized spacial score (nSPS) is 11.1. The van der Waals surface area contributed by atoms with Gasteiger partial charge in [0.15, 0.2) is 11.6 Å². The summed E-state index contributed by atoms with van der Waals surface area (Å²) in [7, 11) is 1.35. The van der Waals surface area contributed by atoms with Crippen LogP contribution < -0.4 is 0 Å². The fourth-order valence-corrected chi connectivity index (χ4v) is 1.17. The highest BCUT2D eigenvalue weighted by Gasteiger charge is 2.16. The minimum absolute atomic E-state index is 0.0610. The van der Waals surface area contributed by atoms with Gasteiger partial charge in [0.2, 0.25) is 0 Å². The van der Waals surface area contributed by atoms with Crippen LogP contribution in [-0.4, -0.2) is 18.7 Å². The molecular weight excluding hydrogens is 211 g/mol. The average molecular weight is 222 g/mol. The van der Waals surface area contributed by atoms with Crippen LogP contribution in [0.5, 0.6) is 0 Å². The van der Waals surface area contributed by atoms with Crippen molar-refractivity contribution in [2.75, 3.05) is 7.11 Å². The molecule has 1 aromatic carbocycles. The first kappa shape index (κ1) is 12.1. The third kappa shape index (κ3) is 2.76. The molecular formula is C12H11FO3. The van der Waals surface area contributed by atoms with Gasteiger partial charge in [-0.3, -0.25) is 9.59 Å². The molecule has 16 heavy (non-hydrogen) atoms. The zero-order chi connectivity index (χ0) is 12.1. The molecule has 3 nitrogen and oxygen atoms in total. The zero-order valence-electron chi connectivity index (χ0n) is 8.99. The SMILES string of the molecule is CO/C=C(\C(C)=O)C(=O)c1ccc(F)cc1. The number of carbonyl (C=O) groups is 2. The minimum Gasteiger partial charge on any atom is -0.503 e. The van der Waals surface area contributed by atoms with E-state index in [1.807, 2.05) is 0 Å². The van der Waals surface area contributed by atoms with Gasteiger partial charge in [0.25, 0.3) is 0 Å². The lowest BCUT2D eigenvalue weighted by Crippen LogP contribution is -2.11. The number of halogens is 1. The fraction of sp³-hybridized carbons (Fsp3) is 0.167. The van der Waals surface area contributed by atoms with E-state index >= 15 is 0 Å². The molecule has 0 unspecified atom stereocenters. The number of hydrogen-bond acceptors (Lipinski definition) is 3. The van der Waals surface area contributed by atoms with E-state index in [1.165, 1.54) is 26.2 Å². The molecule has 84 valence electrons. The molecule has 0 N–H and O–H groups in total. The Kier molecular flexibility index (Phi) is 3.94. The first-order valence-electron chi connectivity index (χ1n) is 4.60. The van der Waals surface area contributed by atoms with Crippen LogP contribution in [0.2, 0.25) is 0 Å². The second-order valence-corrected chi connectivity index (χ2v) is 3.16. The third-order valence-electron chi connectivity index (χ3n) is 1.97. The molecule has 0 aromatic heterocycles. The Morgan fingerprint density at radius 2 is 1.81 bits per heavy atom. The summed E-state index contributed by atoms with van der Waals surface area (Å²) in [6.45, 7) is 1.27. The van der Waals surface area contributed by atoms with Crippen LogP contribution in [0.1, 0.15) is 17.3 Å². The van der Waals surface area contributed by atoms with Gasteiger partial charge >= 0.3 is 0 Å². The predicted octanol–water partition coefficient (Wildman–Crippen LogP) is 2.13. The van der Waals surface area contributed by atoms with Gasteiger partial charge in [0.1, 0.15) is 5.82 Å². The number of benzene rings is 1. The maximum atomic E-state index is 12.6. The van der Waals surface area contributed by atoms with Gasteiger partial charge in [-0.05, 0) is 31.2 Å². The molecule has 0 bridgehead atoms. The van der Waals surface area contributed by atoms with Gasteiger partial charge in [0, 0.05) is 5.56 Å². The highest BCUT2D eigenvalue weighted by atomic mass is 19.1. The molecule has 0 fully saturated rings. The summed E-state index contributed by atoms with van der Waals surface area (Å²) < 4.78 is 17.3. The third-order valence-corrected chi connectivity index (χ3v) is 1.97. The van der Waals surface area contributed by atoms with Crippen molar-refractivity contribution in [1.29, 1.82) is 0 Å². The molecule has 0 aliphatic rings. The Bertz CT molecular complexity index is 432. The maximum absolute atomic E-state index is 12.6. The molecule has 0 atom stereocenters. The van der Waals surface area contributed by atoms with Crippen LogP contribution in [0, 0.1) is 5.82 Å². The van der Waals surface area contributed by atoms with E-state index in [-0.39, 0.29) is 11.1 Å². The van der Waals surface area contributed by atoms with E-state index in [0.717, 1.165) is 18.4 Å². The van der Waals surface area contributed by atoms with E-state index in [0.29, 0.717) is 0 Å². The van der Waals surface area contributed by atoms with Gasteiger partial charge in [0.05, 0.1) is 18.9 Å². The van der Waals surface area contributed by atoms with Crippen LogP contribution >= 0.6 is 0 Å². The van der Waals surface area contributed by atoms with E-state index in [4.69, 9.17) is 0 Å². The molecule has 1 aromatic rings. The lowest BCUT2D eigenvalue weighted by atomic mass is 10.0. The molecule has 0 saturated heterocycles. The summed E-state index contributed by atoms with van der Waals surface area (Å²) in [6.07, 6.45) is 1.09. The van der Waals surface area contributed by atoms with Gasteiger partial charge in [-0.15, -0.1) is 0 Å². The highest BCUT2D eigenvalue weighted by Crippen LogP contribution is 2.10. The summed E-state index contributed by atoms with van der Waals surface area (Å²) in [5, 5.41) is 0. The van der Waals surface area contributed by atoms with E-state index in [1.54, 1.807) is 0 Å². The molecule has 0 amide bonds. The minimum atomic E-state index is -0.477. The van der Waals surface area contributed by atoms with E-state index in [9.17, 15) is 14.0 Å². The van der Waals surface area contributed by atoms with Crippen molar-refractivity contribution in [1.82, 2.24) is 0 Å². The second kappa shape index (κ2) is 5.21. The largest absolute Gasteiger partial charge is 0.503 e. The van der Waals surface area contributed by atoms with Crippen molar-refractivity contribution in [3.05, 3.63) is 47.5 Å². The number of hydrogen-bond donors (Lipinski definition) is 0. The summed E-state index contributed by atoms with van der Waals surface area (Å²) in [5.74, 6) is -1.30. The molecule has 0 radical (unpaired) electrons. The number of Topliss-reactive ketones (excluding diaryl/α,β-unsaturated/α-hetero) is 2. The molecule has 1 rings (SSSR count). The van der Waals surface area contributed by atoms with Gasteiger partial charge in [-0.1, -0.05) is 0 Å². The molecule has 0 aliphatic carbocycles. The molecule has 0 spiro atoms. The number of allylic oxidation sites excluding steroid dienone is 1. The Morgan fingerprint density at radius 1 is 1.25 bits per heavy atom. The first-order chi connectivity index (χ1) is 7.56. The maximum Gasteiger partial charge on any atom is 0.199 e. The quantitative estimate of drug-likeness (QED) is 0.258. The number of ketones is 2. The topological polar surface area (TPSA) is 43.4 Å². The molecule has 0 saturated carbocycles. The first-order valence-corrected chi connectivity index (χ1v) is 4.60. The van der Waals surface area contributed by atoms with Crippen molar-refractivity contribution in [3.8, 4) is 0 Å². The highest BCUT2D eigenvalue weighted by molar-refractivity contribution is 6.25. The van der Waals surface area contributed by atoms with Crippen LogP contribution in [-0.2, 0) is 9.53 Å². The zero-order valence-corrected chi connectivity index (χ0v) is 8.99. The molecule has 0 heterocycles. The van der Waals surface area contributed by atoms with Crippen LogP contribution in [0.3, 0.4) is 0 Å².